The molecular formula is C25H24N4O3. The Morgan fingerprint density at radius 1 is 0.906 bits per heavy atom. The monoisotopic (exact) mass is 428 g/mol. The minimum atomic E-state index is 0.342. The molecule has 7 heteroatoms. The lowest BCUT2D eigenvalue weighted by atomic mass is 10.1. The van der Waals surface area contributed by atoms with Gasteiger partial charge < -0.3 is 24.9 Å². The topological polar surface area (TPSA) is 94.8 Å². The van der Waals surface area contributed by atoms with Crippen molar-refractivity contribution in [2.75, 3.05) is 21.3 Å². The second-order valence-electron chi connectivity index (χ2n) is 7.02. The minimum Gasteiger partial charge on any atom is -0.497 e. The maximum absolute atomic E-state index is 6.06. The van der Waals surface area contributed by atoms with Crippen molar-refractivity contribution in [3.63, 3.8) is 0 Å². The van der Waals surface area contributed by atoms with Crippen molar-refractivity contribution in [3.05, 3.63) is 72.7 Å². The number of hydrogen-bond acceptors (Lipinski definition) is 5. The Morgan fingerprint density at radius 3 is 2.47 bits per heavy atom. The molecule has 0 unspecified atom stereocenters. The Kier molecular flexibility index (Phi) is 6.07. The maximum Gasteiger partial charge on any atom is 0.162 e. The smallest absolute Gasteiger partial charge is 0.162 e. The number of nitrogens with two attached hydrogens (primary N) is 1. The fourth-order valence-electron chi connectivity index (χ4n) is 3.33. The Balaban J connectivity index is 1.51. The Bertz CT molecular complexity index is 1310. The van der Waals surface area contributed by atoms with Gasteiger partial charge in [-0.2, -0.15) is 0 Å². The number of benzene rings is 3. The highest BCUT2D eigenvalue weighted by atomic mass is 16.5. The molecule has 0 atom stereocenters. The van der Waals surface area contributed by atoms with Crippen molar-refractivity contribution in [3.8, 4) is 28.5 Å². The molecule has 0 bridgehead atoms. The first-order valence-electron chi connectivity index (χ1n) is 9.97. The van der Waals surface area contributed by atoms with E-state index in [1.165, 1.54) is 0 Å². The molecule has 4 rings (SSSR count). The molecule has 32 heavy (non-hydrogen) atoms. The number of H-pyrrole nitrogens is 1. The Labute approximate surface area is 186 Å². The number of ether oxygens (including phenoxy) is 3. The molecule has 0 fully saturated rings. The van der Waals surface area contributed by atoms with Gasteiger partial charge >= 0.3 is 0 Å². The molecule has 4 aromatic rings. The van der Waals surface area contributed by atoms with E-state index in [1.54, 1.807) is 51.8 Å². The van der Waals surface area contributed by atoms with E-state index < -0.39 is 0 Å². The molecule has 3 N–H and O–H groups in total. The SMILES string of the molecule is COc1ccc2cc(-c3cnc(/C=C\C(N)=Nc4ccc(OC)c(OC)c4)[nH]3)ccc2c1. The number of aromatic amines is 1. The number of methoxy groups -OCH3 is 3. The average molecular weight is 428 g/mol. The molecule has 0 aliphatic heterocycles. The molecule has 162 valence electrons. The van der Waals surface area contributed by atoms with E-state index in [1.807, 2.05) is 24.3 Å². The van der Waals surface area contributed by atoms with Gasteiger partial charge in [-0.25, -0.2) is 9.98 Å². The first-order valence-corrected chi connectivity index (χ1v) is 9.97. The van der Waals surface area contributed by atoms with Crippen LogP contribution in [0.1, 0.15) is 5.82 Å². The van der Waals surface area contributed by atoms with Gasteiger partial charge in [0.05, 0.1) is 38.9 Å². The molecule has 0 spiro atoms. The maximum atomic E-state index is 6.06. The Hall–Kier alpha value is -4.26. The lowest BCUT2D eigenvalue weighted by molar-refractivity contribution is 0.355. The summed E-state index contributed by atoms with van der Waals surface area (Å²) in [6.45, 7) is 0. The zero-order chi connectivity index (χ0) is 22.5. The number of nitrogens with zero attached hydrogens (tertiary/aromatic N) is 2. The zero-order valence-corrected chi connectivity index (χ0v) is 18.1. The number of aromatic nitrogens is 2. The van der Waals surface area contributed by atoms with E-state index in [4.69, 9.17) is 19.9 Å². The largest absolute Gasteiger partial charge is 0.497 e. The lowest BCUT2D eigenvalue weighted by Crippen LogP contribution is -2.06. The predicted octanol–water partition coefficient (Wildman–Crippen LogP) is 4.96. The van der Waals surface area contributed by atoms with Crippen LogP contribution in [0.3, 0.4) is 0 Å². The third-order valence-electron chi connectivity index (χ3n) is 4.99. The second-order valence-corrected chi connectivity index (χ2v) is 7.02. The molecule has 0 aliphatic carbocycles. The van der Waals surface area contributed by atoms with Crippen molar-refractivity contribution in [1.82, 2.24) is 9.97 Å². The van der Waals surface area contributed by atoms with Gasteiger partial charge in [0, 0.05) is 11.6 Å². The third-order valence-corrected chi connectivity index (χ3v) is 4.99. The normalized spacial score (nSPS) is 11.8. The minimum absolute atomic E-state index is 0.342. The average Bonchev–Trinajstić information content (AvgIpc) is 3.31. The zero-order valence-electron chi connectivity index (χ0n) is 18.1. The van der Waals surface area contributed by atoms with E-state index >= 15 is 0 Å². The number of hydrogen-bond donors (Lipinski definition) is 2. The molecule has 1 heterocycles. The van der Waals surface area contributed by atoms with Crippen molar-refractivity contribution in [2.24, 2.45) is 10.7 Å². The standard InChI is InChI=1S/C25H24N4O3/c1-30-20-8-6-16-12-18(5-4-17(16)13-20)21-15-27-25(29-21)11-10-24(26)28-19-7-9-22(31-2)23(14-19)32-3/h4-15H,1-3H3,(H2,26,28)(H,27,29)/b11-10-. The predicted molar refractivity (Wildman–Crippen MR) is 128 cm³/mol. The van der Waals surface area contributed by atoms with Crippen LogP contribution >= 0.6 is 0 Å². The van der Waals surface area contributed by atoms with E-state index in [-0.39, 0.29) is 0 Å². The Morgan fingerprint density at radius 2 is 1.69 bits per heavy atom. The highest BCUT2D eigenvalue weighted by Crippen LogP contribution is 2.31. The summed E-state index contributed by atoms with van der Waals surface area (Å²) >= 11 is 0. The van der Waals surface area contributed by atoms with E-state index in [9.17, 15) is 0 Å². The van der Waals surface area contributed by atoms with Crippen LogP contribution in [0.5, 0.6) is 17.2 Å². The summed E-state index contributed by atoms with van der Waals surface area (Å²) in [5.41, 5.74) is 8.68. The first kappa shape index (κ1) is 21.0. The van der Waals surface area contributed by atoms with Crippen LogP contribution in [0, 0.1) is 0 Å². The van der Waals surface area contributed by atoms with Gasteiger partial charge in [-0.3, -0.25) is 0 Å². The quantitative estimate of drug-likeness (QED) is 0.321. The van der Waals surface area contributed by atoms with Crippen molar-refractivity contribution in [1.29, 1.82) is 0 Å². The number of imidazole rings is 1. The van der Waals surface area contributed by atoms with Gasteiger partial charge in [-0.15, -0.1) is 0 Å². The summed E-state index contributed by atoms with van der Waals surface area (Å²) in [5, 5.41) is 2.24. The van der Waals surface area contributed by atoms with Crippen LogP contribution in [0.25, 0.3) is 28.1 Å². The van der Waals surface area contributed by atoms with Crippen LogP contribution in [0.15, 0.2) is 71.9 Å². The van der Waals surface area contributed by atoms with Crippen molar-refractivity contribution < 1.29 is 14.2 Å². The number of aliphatic imine (C=N–C) groups is 1. The molecule has 0 aliphatic rings. The molecule has 0 radical (unpaired) electrons. The number of fused-ring (bicyclic) bond motifs is 1. The van der Waals surface area contributed by atoms with Gasteiger partial charge in [-0.05, 0) is 53.3 Å². The van der Waals surface area contributed by atoms with Crippen LogP contribution in [0.2, 0.25) is 0 Å². The van der Waals surface area contributed by atoms with Gasteiger partial charge in [0.2, 0.25) is 0 Å². The van der Waals surface area contributed by atoms with Crippen molar-refractivity contribution in [2.45, 2.75) is 0 Å². The first-order chi connectivity index (χ1) is 15.6. The highest BCUT2D eigenvalue weighted by molar-refractivity contribution is 5.96. The molecule has 0 saturated carbocycles. The van der Waals surface area contributed by atoms with Gasteiger partial charge in [0.1, 0.15) is 17.4 Å². The summed E-state index contributed by atoms with van der Waals surface area (Å²) in [6, 6.07) is 17.6. The molecule has 7 nitrogen and oxygen atoms in total. The second kappa shape index (κ2) is 9.26. The molecule has 0 amide bonds. The van der Waals surface area contributed by atoms with Gasteiger partial charge in [0.25, 0.3) is 0 Å². The van der Waals surface area contributed by atoms with Crippen LogP contribution in [0.4, 0.5) is 5.69 Å². The molecular weight excluding hydrogens is 404 g/mol. The summed E-state index contributed by atoms with van der Waals surface area (Å²) in [7, 11) is 4.83. The van der Waals surface area contributed by atoms with E-state index in [0.717, 1.165) is 27.8 Å². The molecule has 1 aromatic heterocycles. The lowest BCUT2D eigenvalue weighted by Gasteiger charge is -2.07. The summed E-state index contributed by atoms with van der Waals surface area (Å²) in [5.74, 6) is 3.09. The number of nitrogens with one attached hydrogen (secondary N) is 1. The van der Waals surface area contributed by atoms with Gasteiger partial charge in [0.15, 0.2) is 11.5 Å². The van der Waals surface area contributed by atoms with Crippen molar-refractivity contribution >= 4 is 28.4 Å². The van der Waals surface area contributed by atoms with Gasteiger partial charge in [-0.1, -0.05) is 18.2 Å². The van der Waals surface area contributed by atoms with E-state index in [2.05, 4.69) is 33.2 Å². The summed E-state index contributed by atoms with van der Waals surface area (Å²) in [4.78, 5) is 12.1. The van der Waals surface area contributed by atoms with Crippen LogP contribution < -0.4 is 19.9 Å². The fourth-order valence-corrected chi connectivity index (χ4v) is 3.33. The number of rotatable bonds is 7. The van der Waals surface area contributed by atoms with E-state index in [0.29, 0.717) is 28.8 Å². The summed E-state index contributed by atoms with van der Waals surface area (Å²) in [6.07, 6.45) is 5.28. The third kappa shape index (κ3) is 4.57. The molecule has 0 saturated heterocycles. The highest BCUT2D eigenvalue weighted by Gasteiger charge is 2.05. The summed E-state index contributed by atoms with van der Waals surface area (Å²) < 4.78 is 15.8. The fraction of sp³-hybridized carbons (Fsp3) is 0.120. The number of amidine groups is 1. The van der Waals surface area contributed by atoms with Crippen LogP contribution in [-0.2, 0) is 0 Å². The molecule has 3 aromatic carbocycles. The van der Waals surface area contributed by atoms with Crippen LogP contribution in [-0.4, -0.2) is 37.1 Å².